The predicted molar refractivity (Wildman–Crippen MR) is 36.3 cm³/mol. The predicted octanol–water partition coefficient (Wildman–Crippen LogP) is 0.573. The van der Waals surface area contributed by atoms with E-state index in [1.807, 2.05) is 0 Å². The molecule has 0 aliphatic rings. The molecule has 0 atom stereocenters. The Morgan fingerprint density at radius 2 is 2.22 bits per heavy atom. The quantitative estimate of drug-likeness (QED) is 0.431. The smallest absolute Gasteiger partial charge is 0.248 e. The molecule has 0 aromatic heterocycles. The van der Waals surface area contributed by atoms with Crippen LogP contribution < -0.4 is 5.73 Å². The van der Waals surface area contributed by atoms with Gasteiger partial charge in [0, 0.05) is 5.57 Å². The molecule has 1 radical (unpaired) electrons. The SMILES string of the molecule is [CH]=CC=CC(=C)C(N)=O. The van der Waals surface area contributed by atoms with E-state index in [1.54, 1.807) is 0 Å². The standard InChI is InChI=1S/C7H8NO/c1-3-4-5-6(2)7(8)9/h1,3-5H,2H2,(H2,8,9). The first kappa shape index (κ1) is 7.69. The maximum atomic E-state index is 10.2. The number of hydrogen-bond acceptors (Lipinski definition) is 1. The zero-order valence-electron chi connectivity index (χ0n) is 5.00. The van der Waals surface area contributed by atoms with E-state index < -0.39 is 5.91 Å². The summed E-state index contributed by atoms with van der Waals surface area (Å²) in [4.78, 5) is 10.2. The van der Waals surface area contributed by atoms with Gasteiger partial charge in [-0.15, -0.1) is 0 Å². The van der Waals surface area contributed by atoms with Gasteiger partial charge in [0.25, 0.3) is 0 Å². The van der Waals surface area contributed by atoms with Crippen LogP contribution in [0, 0.1) is 6.58 Å². The zero-order valence-corrected chi connectivity index (χ0v) is 5.00. The van der Waals surface area contributed by atoms with E-state index in [-0.39, 0.29) is 5.57 Å². The first-order valence-corrected chi connectivity index (χ1v) is 2.39. The fraction of sp³-hybridized carbons (Fsp3) is 0. The van der Waals surface area contributed by atoms with E-state index >= 15 is 0 Å². The van der Waals surface area contributed by atoms with Crippen molar-refractivity contribution < 1.29 is 4.79 Å². The van der Waals surface area contributed by atoms with Crippen LogP contribution in [-0.2, 0) is 4.79 Å². The average molecular weight is 122 g/mol. The zero-order chi connectivity index (χ0) is 7.28. The first-order chi connectivity index (χ1) is 4.18. The summed E-state index contributed by atoms with van der Waals surface area (Å²) in [6, 6.07) is 0. The van der Waals surface area contributed by atoms with E-state index in [0.29, 0.717) is 0 Å². The van der Waals surface area contributed by atoms with Crippen molar-refractivity contribution in [2.24, 2.45) is 5.73 Å². The van der Waals surface area contributed by atoms with Crippen LogP contribution in [0.15, 0.2) is 30.4 Å². The third kappa shape index (κ3) is 3.29. The Bertz CT molecular complexity index is 168. The molecule has 0 fully saturated rings. The lowest BCUT2D eigenvalue weighted by Crippen LogP contribution is -2.11. The number of hydrogen-bond donors (Lipinski definition) is 1. The van der Waals surface area contributed by atoms with Gasteiger partial charge in [0.2, 0.25) is 5.91 Å². The summed E-state index contributed by atoms with van der Waals surface area (Å²) in [5.41, 5.74) is 5.08. The van der Waals surface area contributed by atoms with Gasteiger partial charge in [-0.1, -0.05) is 31.4 Å². The second kappa shape index (κ2) is 3.66. The average Bonchev–Trinajstić information content (AvgIpc) is 1.82. The van der Waals surface area contributed by atoms with E-state index in [0.717, 1.165) is 0 Å². The molecule has 2 nitrogen and oxygen atoms in total. The Kier molecular flexibility index (Phi) is 3.13. The van der Waals surface area contributed by atoms with Crippen molar-refractivity contribution in [2.75, 3.05) is 0 Å². The highest BCUT2D eigenvalue weighted by Crippen LogP contribution is 1.89. The minimum absolute atomic E-state index is 0.247. The van der Waals surface area contributed by atoms with E-state index in [2.05, 4.69) is 6.58 Å². The largest absolute Gasteiger partial charge is 0.366 e. The van der Waals surface area contributed by atoms with Crippen LogP contribution in [0.2, 0.25) is 0 Å². The molecular formula is C7H8NO. The molecule has 0 spiro atoms. The molecule has 0 bridgehead atoms. The third-order valence-electron chi connectivity index (χ3n) is 0.725. The molecule has 47 valence electrons. The summed E-state index contributed by atoms with van der Waals surface area (Å²) in [7, 11) is 0. The van der Waals surface area contributed by atoms with Gasteiger partial charge in [0.15, 0.2) is 0 Å². The van der Waals surface area contributed by atoms with Crippen LogP contribution in [0.4, 0.5) is 0 Å². The van der Waals surface area contributed by atoms with Crippen molar-refractivity contribution in [1.29, 1.82) is 0 Å². The second-order valence-corrected chi connectivity index (χ2v) is 1.44. The minimum Gasteiger partial charge on any atom is -0.366 e. The molecule has 0 heterocycles. The van der Waals surface area contributed by atoms with E-state index in [1.165, 1.54) is 18.2 Å². The minimum atomic E-state index is -0.534. The van der Waals surface area contributed by atoms with Crippen LogP contribution in [0.25, 0.3) is 0 Å². The van der Waals surface area contributed by atoms with E-state index in [9.17, 15) is 4.79 Å². The molecule has 0 aliphatic carbocycles. The monoisotopic (exact) mass is 122 g/mol. The molecular weight excluding hydrogens is 114 g/mol. The van der Waals surface area contributed by atoms with Crippen molar-refractivity contribution in [1.82, 2.24) is 0 Å². The van der Waals surface area contributed by atoms with Crippen molar-refractivity contribution in [3.05, 3.63) is 37.0 Å². The molecule has 0 unspecified atom stereocenters. The van der Waals surface area contributed by atoms with Gasteiger partial charge >= 0.3 is 0 Å². The summed E-state index contributed by atoms with van der Waals surface area (Å²) in [5.74, 6) is -0.534. The normalized spacial score (nSPS) is 9.33. The third-order valence-corrected chi connectivity index (χ3v) is 0.725. The number of nitrogens with two attached hydrogens (primary N) is 1. The highest BCUT2D eigenvalue weighted by molar-refractivity contribution is 5.94. The number of allylic oxidation sites excluding steroid dienone is 2. The van der Waals surface area contributed by atoms with Gasteiger partial charge in [-0.2, -0.15) is 0 Å². The fourth-order valence-corrected chi connectivity index (χ4v) is 0.254. The van der Waals surface area contributed by atoms with Crippen LogP contribution >= 0.6 is 0 Å². The molecule has 2 heteroatoms. The van der Waals surface area contributed by atoms with E-state index in [4.69, 9.17) is 12.3 Å². The van der Waals surface area contributed by atoms with Gasteiger partial charge in [-0.25, -0.2) is 0 Å². The molecule has 1 amide bonds. The van der Waals surface area contributed by atoms with Gasteiger partial charge in [0.05, 0.1) is 0 Å². The Morgan fingerprint density at radius 1 is 1.67 bits per heavy atom. The highest BCUT2D eigenvalue weighted by atomic mass is 16.1. The number of primary amides is 1. The lowest BCUT2D eigenvalue weighted by Gasteiger charge is -1.86. The fourth-order valence-electron chi connectivity index (χ4n) is 0.254. The van der Waals surface area contributed by atoms with Crippen LogP contribution in [0.3, 0.4) is 0 Å². The Balaban J connectivity index is 3.92. The van der Waals surface area contributed by atoms with Crippen molar-refractivity contribution in [3.8, 4) is 0 Å². The molecule has 0 aromatic rings. The highest BCUT2D eigenvalue weighted by Gasteiger charge is 1.91. The summed E-state index contributed by atoms with van der Waals surface area (Å²) in [5, 5.41) is 0. The van der Waals surface area contributed by atoms with Gasteiger partial charge < -0.3 is 5.73 Å². The van der Waals surface area contributed by atoms with Crippen molar-refractivity contribution in [2.45, 2.75) is 0 Å². The summed E-state index contributed by atoms with van der Waals surface area (Å²) < 4.78 is 0. The molecule has 0 aliphatic heterocycles. The lowest BCUT2D eigenvalue weighted by molar-refractivity contribution is -0.114. The topological polar surface area (TPSA) is 43.1 Å². The Hall–Kier alpha value is -1.31. The Labute approximate surface area is 54.4 Å². The number of carbonyl (C=O) groups excluding carboxylic acids is 1. The molecule has 0 saturated carbocycles. The van der Waals surface area contributed by atoms with Crippen LogP contribution in [-0.4, -0.2) is 5.91 Å². The van der Waals surface area contributed by atoms with Gasteiger partial charge in [-0.05, 0) is 0 Å². The Morgan fingerprint density at radius 3 is 2.56 bits per heavy atom. The summed E-state index contributed by atoms with van der Waals surface area (Å²) in [6.07, 6.45) is 4.24. The lowest BCUT2D eigenvalue weighted by atomic mass is 10.3. The van der Waals surface area contributed by atoms with Crippen molar-refractivity contribution in [3.63, 3.8) is 0 Å². The number of rotatable bonds is 3. The molecule has 0 rings (SSSR count). The number of amides is 1. The maximum absolute atomic E-state index is 10.2. The molecule has 0 saturated heterocycles. The van der Waals surface area contributed by atoms with Crippen LogP contribution in [0.1, 0.15) is 0 Å². The second-order valence-electron chi connectivity index (χ2n) is 1.44. The summed E-state index contributed by atoms with van der Waals surface area (Å²) >= 11 is 0. The maximum Gasteiger partial charge on any atom is 0.248 e. The van der Waals surface area contributed by atoms with Gasteiger partial charge in [-0.3, -0.25) is 4.79 Å². The number of carbonyl (C=O) groups is 1. The summed E-state index contributed by atoms with van der Waals surface area (Å²) in [6.45, 7) is 8.33. The van der Waals surface area contributed by atoms with Crippen molar-refractivity contribution >= 4 is 5.91 Å². The molecule has 2 N–H and O–H groups in total. The van der Waals surface area contributed by atoms with Crippen LogP contribution in [0.5, 0.6) is 0 Å². The van der Waals surface area contributed by atoms with Gasteiger partial charge in [0.1, 0.15) is 0 Å². The molecule has 0 aromatic carbocycles. The molecule has 9 heavy (non-hydrogen) atoms. The first-order valence-electron chi connectivity index (χ1n) is 2.39.